The van der Waals surface area contributed by atoms with Crippen LogP contribution in [-0.2, 0) is 15.8 Å². The number of sulfonamides is 1. The van der Waals surface area contributed by atoms with Crippen molar-refractivity contribution in [2.24, 2.45) is 5.92 Å². The highest BCUT2D eigenvalue weighted by atomic mass is 32.2. The van der Waals surface area contributed by atoms with Crippen LogP contribution in [0.4, 0.5) is 5.69 Å². The molecule has 1 atom stereocenters. The summed E-state index contributed by atoms with van der Waals surface area (Å²) in [6.07, 6.45) is 0. The number of hydrogen-bond acceptors (Lipinski definition) is 3. The van der Waals surface area contributed by atoms with Crippen molar-refractivity contribution in [3.8, 4) is 0 Å². The number of rotatable bonds is 6. The molecule has 22 heavy (non-hydrogen) atoms. The lowest BCUT2D eigenvalue weighted by molar-refractivity contribution is 0.464. The number of anilines is 1. The van der Waals surface area contributed by atoms with Crippen LogP contribution in [0.3, 0.4) is 0 Å². The first kappa shape index (κ1) is 16.5. The molecule has 5 heteroatoms. The third kappa shape index (κ3) is 4.32. The summed E-state index contributed by atoms with van der Waals surface area (Å²) >= 11 is 0. The van der Waals surface area contributed by atoms with Crippen LogP contribution >= 0.6 is 0 Å². The van der Waals surface area contributed by atoms with Gasteiger partial charge in [-0.2, -0.15) is 0 Å². The fourth-order valence-corrected chi connectivity index (χ4v) is 3.88. The van der Waals surface area contributed by atoms with Crippen molar-refractivity contribution in [1.29, 1.82) is 0 Å². The number of hydrogen-bond donors (Lipinski definition) is 2. The second-order valence-corrected chi connectivity index (χ2v) is 7.47. The van der Waals surface area contributed by atoms with Crippen molar-refractivity contribution in [2.75, 3.05) is 5.73 Å². The van der Waals surface area contributed by atoms with Gasteiger partial charge < -0.3 is 5.73 Å². The van der Waals surface area contributed by atoms with Gasteiger partial charge >= 0.3 is 0 Å². The summed E-state index contributed by atoms with van der Waals surface area (Å²) in [4.78, 5) is 0. The molecular weight excluding hydrogens is 296 g/mol. The van der Waals surface area contributed by atoms with Gasteiger partial charge in [0.15, 0.2) is 0 Å². The molecule has 0 aliphatic heterocycles. The molecule has 0 aliphatic rings. The van der Waals surface area contributed by atoms with Gasteiger partial charge in [0.25, 0.3) is 0 Å². The van der Waals surface area contributed by atoms with Gasteiger partial charge in [-0.15, -0.1) is 0 Å². The van der Waals surface area contributed by atoms with E-state index in [-0.39, 0.29) is 17.7 Å². The average Bonchev–Trinajstić information content (AvgIpc) is 2.46. The smallest absolute Gasteiger partial charge is 0.216 e. The van der Waals surface area contributed by atoms with E-state index in [1.54, 1.807) is 18.2 Å². The summed E-state index contributed by atoms with van der Waals surface area (Å²) in [5, 5.41) is 0. The summed E-state index contributed by atoms with van der Waals surface area (Å²) in [5.41, 5.74) is 8.17. The van der Waals surface area contributed by atoms with Crippen LogP contribution in [0.1, 0.15) is 31.0 Å². The second-order valence-electron chi connectivity index (χ2n) is 5.71. The summed E-state index contributed by atoms with van der Waals surface area (Å²) < 4.78 is 27.7. The molecule has 0 radical (unpaired) electrons. The van der Waals surface area contributed by atoms with Crippen LogP contribution in [0, 0.1) is 5.92 Å². The minimum Gasteiger partial charge on any atom is -0.398 e. The quantitative estimate of drug-likeness (QED) is 0.804. The largest absolute Gasteiger partial charge is 0.398 e. The van der Waals surface area contributed by atoms with Gasteiger partial charge in [0.1, 0.15) is 0 Å². The van der Waals surface area contributed by atoms with Crippen molar-refractivity contribution >= 4 is 15.7 Å². The maximum atomic E-state index is 12.4. The van der Waals surface area contributed by atoms with E-state index < -0.39 is 10.0 Å². The highest BCUT2D eigenvalue weighted by Gasteiger charge is 2.24. The predicted octanol–water partition coefficient (Wildman–Crippen LogP) is 3.09. The lowest BCUT2D eigenvalue weighted by Crippen LogP contribution is -2.33. The fourth-order valence-electron chi connectivity index (χ4n) is 2.38. The summed E-state index contributed by atoms with van der Waals surface area (Å²) in [6, 6.07) is 16.2. The van der Waals surface area contributed by atoms with E-state index in [9.17, 15) is 8.42 Å². The maximum absolute atomic E-state index is 12.4. The van der Waals surface area contributed by atoms with E-state index >= 15 is 0 Å². The fraction of sp³-hybridized carbons (Fsp3) is 0.294. The van der Waals surface area contributed by atoms with E-state index in [0.717, 1.165) is 11.1 Å². The molecule has 2 aromatic rings. The van der Waals surface area contributed by atoms with Gasteiger partial charge in [-0.05, 0) is 23.1 Å². The molecule has 0 aromatic heterocycles. The van der Waals surface area contributed by atoms with E-state index in [0.29, 0.717) is 5.69 Å². The minimum absolute atomic E-state index is 0.0379. The van der Waals surface area contributed by atoms with Gasteiger partial charge in [-0.1, -0.05) is 62.4 Å². The Hall–Kier alpha value is -1.85. The normalized spacial score (nSPS) is 13.2. The van der Waals surface area contributed by atoms with Crippen molar-refractivity contribution in [1.82, 2.24) is 4.72 Å². The minimum atomic E-state index is -3.45. The van der Waals surface area contributed by atoms with Gasteiger partial charge in [-0.25, -0.2) is 13.1 Å². The van der Waals surface area contributed by atoms with E-state index in [2.05, 4.69) is 4.72 Å². The maximum Gasteiger partial charge on any atom is 0.216 e. The van der Waals surface area contributed by atoms with Gasteiger partial charge in [0.2, 0.25) is 10.0 Å². The Morgan fingerprint density at radius 2 is 1.59 bits per heavy atom. The number of nitrogen functional groups attached to an aromatic ring is 1. The lowest BCUT2D eigenvalue weighted by Gasteiger charge is -2.24. The zero-order valence-electron chi connectivity index (χ0n) is 12.9. The highest BCUT2D eigenvalue weighted by molar-refractivity contribution is 7.88. The molecule has 0 bridgehead atoms. The molecule has 0 spiro atoms. The van der Waals surface area contributed by atoms with Crippen LogP contribution in [0.5, 0.6) is 0 Å². The van der Waals surface area contributed by atoms with Crippen LogP contribution in [0.2, 0.25) is 0 Å². The Kier molecular flexibility index (Phi) is 5.21. The van der Waals surface area contributed by atoms with Crippen molar-refractivity contribution < 1.29 is 8.42 Å². The first-order chi connectivity index (χ1) is 10.4. The van der Waals surface area contributed by atoms with E-state index in [1.165, 1.54) is 0 Å². The van der Waals surface area contributed by atoms with E-state index in [4.69, 9.17) is 5.73 Å². The number of nitrogens with two attached hydrogens (primary N) is 1. The molecule has 4 nitrogen and oxygen atoms in total. The van der Waals surface area contributed by atoms with Gasteiger partial charge in [0.05, 0.1) is 11.8 Å². The zero-order chi connectivity index (χ0) is 16.2. The van der Waals surface area contributed by atoms with Crippen LogP contribution in [0.25, 0.3) is 0 Å². The summed E-state index contributed by atoms with van der Waals surface area (Å²) in [7, 11) is -3.45. The molecule has 0 aliphatic carbocycles. The Bertz CT molecular complexity index is 712. The third-order valence-corrected chi connectivity index (χ3v) is 4.83. The monoisotopic (exact) mass is 318 g/mol. The third-order valence-electron chi connectivity index (χ3n) is 3.50. The van der Waals surface area contributed by atoms with Crippen LogP contribution < -0.4 is 10.5 Å². The molecule has 3 N–H and O–H groups in total. The molecule has 0 heterocycles. The lowest BCUT2D eigenvalue weighted by atomic mass is 9.96. The Morgan fingerprint density at radius 1 is 1.00 bits per heavy atom. The van der Waals surface area contributed by atoms with Crippen molar-refractivity contribution in [3.05, 3.63) is 65.7 Å². The van der Waals surface area contributed by atoms with E-state index in [1.807, 2.05) is 50.2 Å². The Labute approximate surface area is 132 Å². The molecule has 0 amide bonds. The topological polar surface area (TPSA) is 72.2 Å². The SMILES string of the molecule is CC(C)[C@H](NS(=O)(=O)Cc1ccccc1)c1ccccc1N. The van der Waals surface area contributed by atoms with Gasteiger partial charge in [0, 0.05) is 5.69 Å². The molecular formula is C17H22N2O2S. The predicted molar refractivity (Wildman–Crippen MR) is 90.6 cm³/mol. The Balaban J connectivity index is 2.23. The first-order valence-corrected chi connectivity index (χ1v) is 8.92. The van der Waals surface area contributed by atoms with Gasteiger partial charge in [-0.3, -0.25) is 0 Å². The number of benzene rings is 2. The van der Waals surface area contributed by atoms with Crippen molar-refractivity contribution in [2.45, 2.75) is 25.6 Å². The number of nitrogens with one attached hydrogen (secondary N) is 1. The average molecular weight is 318 g/mol. The molecule has 0 fully saturated rings. The molecule has 118 valence electrons. The molecule has 0 saturated heterocycles. The van der Waals surface area contributed by atoms with Crippen molar-refractivity contribution in [3.63, 3.8) is 0 Å². The molecule has 2 rings (SSSR count). The molecule has 2 aromatic carbocycles. The highest BCUT2D eigenvalue weighted by Crippen LogP contribution is 2.27. The van der Waals surface area contributed by atoms with Crippen LogP contribution in [0.15, 0.2) is 54.6 Å². The summed E-state index contributed by atoms with van der Waals surface area (Å²) in [6.45, 7) is 3.95. The second kappa shape index (κ2) is 6.94. The summed E-state index contributed by atoms with van der Waals surface area (Å²) in [5.74, 6) is 0.0549. The van der Waals surface area contributed by atoms with Crippen LogP contribution in [-0.4, -0.2) is 8.42 Å². The number of para-hydroxylation sites is 1. The molecule has 0 saturated carbocycles. The zero-order valence-corrected chi connectivity index (χ0v) is 13.7. The first-order valence-electron chi connectivity index (χ1n) is 7.27. The standard InChI is InChI=1S/C17H22N2O2S/c1-13(2)17(15-10-6-7-11-16(15)18)19-22(20,21)12-14-8-4-3-5-9-14/h3-11,13,17,19H,12,18H2,1-2H3/t17-/m0/s1. The Morgan fingerprint density at radius 3 is 2.18 bits per heavy atom. The molecule has 0 unspecified atom stereocenters.